The lowest BCUT2D eigenvalue weighted by Gasteiger charge is -2.08. The molecule has 0 aromatic carbocycles. The van der Waals surface area contributed by atoms with Gasteiger partial charge in [0.2, 0.25) is 6.39 Å². The van der Waals surface area contributed by atoms with Crippen LogP contribution in [0.1, 0.15) is 11.3 Å². The minimum absolute atomic E-state index is 0.0251. The van der Waals surface area contributed by atoms with Gasteiger partial charge >= 0.3 is 6.18 Å². The first-order valence-electron chi connectivity index (χ1n) is 6.54. The zero-order valence-electron chi connectivity index (χ0n) is 11.6. The van der Waals surface area contributed by atoms with Crippen LogP contribution in [-0.2, 0) is 6.18 Å². The SMILES string of the molecule is N#Cc1cc2ccc(C(F)(F)F)nc2n2cc(-c3nnco3)nc12. The highest BCUT2D eigenvalue weighted by Gasteiger charge is 2.32. The van der Waals surface area contributed by atoms with E-state index in [-0.39, 0.29) is 28.4 Å². The van der Waals surface area contributed by atoms with Gasteiger partial charge < -0.3 is 4.42 Å². The van der Waals surface area contributed by atoms with Crippen LogP contribution in [-0.4, -0.2) is 24.6 Å². The standard InChI is InChI=1S/C14H5F3N6O/c15-14(16,17)10-2-1-7-3-8(4-18)12-20-9(13-22-19-6-24-13)5-23(12)11(7)21-10/h1-3,5-6H. The van der Waals surface area contributed by atoms with Crippen LogP contribution in [0.3, 0.4) is 0 Å². The summed E-state index contributed by atoms with van der Waals surface area (Å²) in [5.74, 6) is 0.0858. The summed E-state index contributed by atoms with van der Waals surface area (Å²) >= 11 is 0. The first kappa shape index (κ1) is 14.1. The van der Waals surface area contributed by atoms with Crippen molar-refractivity contribution >= 4 is 16.7 Å². The summed E-state index contributed by atoms with van der Waals surface area (Å²) < 4.78 is 45.1. The Hall–Kier alpha value is -3.48. The van der Waals surface area contributed by atoms with Gasteiger partial charge in [0.15, 0.2) is 5.65 Å². The van der Waals surface area contributed by atoms with Crippen molar-refractivity contribution in [3.8, 4) is 17.7 Å². The molecule has 0 aliphatic rings. The molecule has 10 heteroatoms. The van der Waals surface area contributed by atoms with Crippen molar-refractivity contribution in [2.24, 2.45) is 0 Å². The van der Waals surface area contributed by atoms with Crippen LogP contribution >= 0.6 is 0 Å². The number of rotatable bonds is 1. The molecule has 0 aliphatic carbocycles. The number of hydrogen-bond acceptors (Lipinski definition) is 6. The van der Waals surface area contributed by atoms with Crippen molar-refractivity contribution in [3.05, 3.63) is 42.0 Å². The lowest BCUT2D eigenvalue weighted by atomic mass is 10.2. The number of imidazole rings is 1. The number of aromatic nitrogens is 5. The van der Waals surface area contributed by atoms with E-state index in [1.165, 1.54) is 22.7 Å². The van der Waals surface area contributed by atoms with E-state index in [4.69, 9.17) is 4.42 Å². The molecule has 4 aromatic rings. The topological polar surface area (TPSA) is 92.9 Å². The van der Waals surface area contributed by atoms with Gasteiger partial charge in [-0.2, -0.15) is 18.4 Å². The Bertz CT molecular complexity index is 1110. The summed E-state index contributed by atoms with van der Waals surface area (Å²) in [5.41, 5.74) is -0.429. The second-order valence-corrected chi connectivity index (χ2v) is 4.84. The summed E-state index contributed by atoms with van der Waals surface area (Å²) in [4.78, 5) is 7.86. The Balaban J connectivity index is 2.08. The highest BCUT2D eigenvalue weighted by molar-refractivity contribution is 5.83. The third-order valence-corrected chi connectivity index (χ3v) is 3.37. The van der Waals surface area contributed by atoms with E-state index in [1.54, 1.807) is 0 Å². The Labute approximate surface area is 131 Å². The number of halogens is 3. The molecule has 4 aromatic heterocycles. The highest BCUT2D eigenvalue weighted by atomic mass is 19.4. The average Bonchev–Trinajstić information content (AvgIpc) is 3.21. The van der Waals surface area contributed by atoms with E-state index in [9.17, 15) is 18.4 Å². The van der Waals surface area contributed by atoms with Crippen LogP contribution < -0.4 is 0 Å². The Kier molecular flexibility index (Phi) is 2.80. The molecule has 4 heterocycles. The minimum Gasteiger partial charge on any atom is -0.422 e. The maximum absolute atomic E-state index is 12.9. The quantitative estimate of drug-likeness (QED) is 0.533. The molecule has 0 bridgehead atoms. The van der Waals surface area contributed by atoms with Gasteiger partial charge in [-0.05, 0) is 18.2 Å². The van der Waals surface area contributed by atoms with E-state index in [0.717, 1.165) is 12.5 Å². The minimum atomic E-state index is -4.58. The molecule has 0 fully saturated rings. The fourth-order valence-electron chi connectivity index (χ4n) is 2.34. The second kappa shape index (κ2) is 4.76. The van der Waals surface area contributed by atoms with Gasteiger partial charge in [-0.25, -0.2) is 9.97 Å². The number of nitrogens with zero attached hydrogens (tertiary/aromatic N) is 6. The summed E-state index contributed by atoms with van der Waals surface area (Å²) in [7, 11) is 0. The van der Waals surface area contributed by atoms with Crippen molar-refractivity contribution in [2.75, 3.05) is 0 Å². The van der Waals surface area contributed by atoms with Crippen molar-refractivity contribution in [1.82, 2.24) is 24.6 Å². The van der Waals surface area contributed by atoms with Crippen LogP contribution in [0.15, 0.2) is 35.2 Å². The number of fused-ring (bicyclic) bond motifs is 3. The molecule has 0 radical (unpaired) electrons. The van der Waals surface area contributed by atoms with E-state index in [2.05, 4.69) is 20.2 Å². The Morgan fingerprint density at radius 2 is 2.00 bits per heavy atom. The fraction of sp³-hybridized carbons (Fsp3) is 0.0714. The highest BCUT2D eigenvalue weighted by Crippen LogP contribution is 2.30. The van der Waals surface area contributed by atoms with Crippen LogP contribution in [0.2, 0.25) is 0 Å². The molecule has 4 rings (SSSR count). The first-order valence-corrected chi connectivity index (χ1v) is 6.54. The number of pyridine rings is 2. The van der Waals surface area contributed by atoms with Crippen LogP contribution in [0.25, 0.3) is 28.3 Å². The van der Waals surface area contributed by atoms with Gasteiger partial charge in [0.05, 0.1) is 5.56 Å². The maximum atomic E-state index is 12.9. The van der Waals surface area contributed by atoms with E-state index in [0.29, 0.717) is 5.39 Å². The van der Waals surface area contributed by atoms with Crippen LogP contribution in [0, 0.1) is 11.3 Å². The number of alkyl halides is 3. The predicted molar refractivity (Wildman–Crippen MR) is 73.5 cm³/mol. The largest absolute Gasteiger partial charge is 0.433 e. The van der Waals surface area contributed by atoms with E-state index < -0.39 is 11.9 Å². The third-order valence-electron chi connectivity index (χ3n) is 3.37. The fourth-order valence-corrected chi connectivity index (χ4v) is 2.34. The van der Waals surface area contributed by atoms with Crippen molar-refractivity contribution in [1.29, 1.82) is 5.26 Å². The Morgan fingerprint density at radius 1 is 1.17 bits per heavy atom. The zero-order chi connectivity index (χ0) is 16.9. The molecule has 7 nitrogen and oxygen atoms in total. The lowest BCUT2D eigenvalue weighted by Crippen LogP contribution is -2.08. The van der Waals surface area contributed by atoms with Crippen LogP contribution in [0.4, 0.5) is 13.2 Å². The second-order valence-electron chi connectivity index (χ2n) is 4.84. The van der Waals surface area contributed by atoms with Gasteiger partial charge in [0.25, 0.3) is 5.89 Å². The molecule has 0 amide bonds. The summed E-state index contributed by atoms with van der Waals surface area (Å²) in [6.45, 7) is 0. The molecule has 118 valence electrons. The molecule has 0 N–H and O–H groups in total. The van der Waals surface area contributed by atoms with Gasteiger partial charge in [-0.1, -0.05) is 0 Å². The van der Waals surface area contributed by atoms with E-state index in [1.807, 2.05) is 6.07 Å². The zero-order valence-corrected chi connectivity index (χ0v) is 11.6. The molecule has 0 unspecified atom stereocenters. The number of hydrogen-bond donors (Lipinski definition) is 0. The van der Waals surface area contributed by atoms with Gasteiger partial charge in [-0.3, -0.25) is 4.40 Å². The van der Waals surface area contributed by atoms with Crippen molar-refractivity contribution < 1.29 is 17.6 Å². The summed E-state index contributed by atoms with van der Waals surface area (Å²) in [6.07, 6.45) is -2.08. The van der Waals surface area contributed by atoms with Gasteiger partial charge in [-0.15, -0.1) is 10.2 Å². The molecule has 0 spiro atoms. The molecule has 0 atom stereocenters. The monoisotopic (exact) mass is 330 g/mol. The number of nitriles is 1. The lowest BCUT2D eigenvalue weighted by molar-refractivity contribution is -0.141. The molecule has 0 aliphatic heterocycles. The third kappa shape index (κ3) is 2.06. The smallest absolute Gasteiger partial charge is 0.422 e. The molecular formula is C14H5F3N6O. The first-order chi connectivity index (χ1) is 11.5. The Morgan fingerprint density at radius 3 is 2.67 bits per heavy atom. The van der Waals surface area contributed by atoms with Gasteiger partial charge in [0.1, 0.15) is 23.1 Å². The summed E-state index contributed by atoms with van der Waals surface area (Å²) in [6, 6.07) is 5.53. The van der Waals surface area contributed by atoms with Gasteiger partial charge in [0, 0.05) is 11.6 Å². The van der Waals surface area contributed by atoms with Crippen molar-refractivity contribution in [3.63, 3.8) is 0 Å². The summed E-state index contributed by atoms with van der Waals surface area (Å²) in [5, 5.41) is 16.9. The maximum Gasteiger partial charge on any atom is 0.433 e. The van der Waals surface area contributed by atoms with E-state index >= 15 is 0 Å². The normalized spacial score (nSPS) is 11.9. The predicted octanol–water partition coefficient (Wildman–Crippen LogP) is 2.82. The molecule has 0 saturated carbocycles. The average molecular weight is 330 g/mol. The molecular weight excluding hydrogens is 325 g/mol. The molecule has 0 saturated heterocycles. The van der Waals surface area contributed by atoms with Crippen molar-refractivity contribution in [2.45, 2.75) is 6.18 Å². The van der Waals surface area contributed by atoms with Crippen LogP contribution in [0.5, 0.6) is 0 Å². The molecule has 24 heavy (non-hydrogen) atoms.